The second kappa shape index (κ2) is 19.9. The van der Waals surface area contributed by atoms with Gasteiger partial charge in [-0.25, -0.2) is 4.98 Å². The number of pyridine rings is 1. The minimum Gasteiger partial charge on any atom is -0.457 e. The Balaban J connectivity index is 0.937. The summed E-state index contributed by atoms with van der Waals surface area (Å²) < 4.78 is 16.3. The van der Waals surface area contributed by atoms with Crippen molar-refractivity contribution < 1.29 is 4.74 Å². The number of rotatable bonds is 9. The second-order valence-corrected chi connectivity index (χ2v) is 25.5. The van der Waals surface area contributed by atoms with Gasteiger partial charge in [-0.05, 0) is 131 Å². The molecule has 0 saturated carbocycles. The van der Waals surface area contributed by atoms with Crippen LogP contribution in [0.15, 0.2) is 243 Å². The van der Waals surface area contributed by atoms with Crippen LogP contribution in [0.4, 0.5) is 22.7 Å². The highest BCUT2D eigenvalue weighted by molar-refractivity contribution is 6.12. The zero-order valence-electron chi connectivity index (χ0n) is 49.2. The molecule has 4 heterocycles. The first-order chi connectivity index (χ1) is 40.5. The van der Waals surface area contributed by atoms with Gasteiger partial charge in [0.1, 0.15) is 17.3 Å². The van der Waals surface area contributed by atoms with Gasteiger partial charge in [-0.15, -0.1) is 0 Å². The van der Waals surface area contributed by atoms with Crippen molar-refractivity contribution in [3.63, 3.8) is 0 Å². The van der Waals surface area contributed by atoms with E-state index in [9.17, 15) is 0 Å². The molecule has 0 bridgehead atoms. The SMILES string of the molecule is CC(C)(C)c1cc([N+]2=C=[N+](c3cccc(Oc4ccc5c6cc(-n7c8ccccc8c8ccccc87)ccc6n(-c6cc(C(C)(C)C)ccn6)c5c4)c3)c3cccc(-c4c(-c5ccccc5)cccc4-c4ccccc4)c32)cc(C(C)(C)C)c1. The lowest BCUT2D eigenvalue weighted by Gasteiger charge is -2.24. The van der Waals surface area contributed by atoms with Crippen LogP contribution in [0.2, 0.25) is 0 Å². The molecule has 0 radical (unpaired) electrons. The Labute approximate surface area is 492 Å². The number of benzene rings is 10. The molecule has 6 heteroatoms. The van der Waals surface area contributed by atoms with Gasteiger partial charge in [-0.1, -0.05) is 196 Å². The van der Waals surface area contributed by atoms with Crippen molar-refractivity contribution in [3.8, 4) is 56.4 Å². The molecule has 1 aliphatic rings. The van der Waals surface area contributed by atoms with Crippen molar-refractivity contribution in [1.82, 2.24) is 23.3 Å². The topological polar surface area (TPSA) is 38.0 Å². The fourth-order valence-electron chi connectivity index (χ4n) is 12.4. The monoisotopic (exact) mass is 1090 g/mol. The van der Waals surface area contributed by atoms with E-state index in [-0.39, 0.29) is 16.2 Å². The fraction of sp³-hybridized carbons (Fsp3) is 0.154. The first-order valence-corrected chi connectivity index (χ1v) is 29.3. The molecular weight excluding hydrogens is 1020 g/mol. The van der Waals surface area contributed by atoms with E-state index in [1.54, 1.807) is 0 Å². The Morgan fingerprint density at radius 2 is 0.940 bits per heavy atom. The number of para-hydroxylation sites is 3. The zero-order valence-corrected chi connectivity index (χ0v) is 49.2. The molecule has 0 N–H and O–H groups in total. The number of nitrogens with zero attached hydrogens (tertiary/aromatic N) is 5. The summed E-state index contributed by atoms with van der Waals surface area (Å²) in [6.07, 6.45) is 1.94. The van der Waals surface area contributed by atoms with Crippen LogP contribution in [0.25, 0.3) is 88.5 Å². The molecule has 0 unspecified atom stereocenters. The third kappa shape index (κ3) is 9.11. The maximum absolute atomic E-state index is 7.05. The maximum Gasteiger partial charge on any atom is 0.503 e. The smallest absolute Gasteiger partial charge is 0.457 e. The number of hydrogen-bond acceptors (Lipinski definition) is 2. The lowest BCUT2D eigenvalue weighted by molar-refractivity contribution is 0.483. The Morgan fingerprint density at radius 1 is 0.381 bits per heavy atom. The summed E-state index contributed by atoms with van der Waals surface area (Å²) in [6.45, 7) is 20.6. The van der Waals surface area contributed by atoms with Crippen molar-refractivity contribution in [3.05, 3.63) is 259 Å². The van der Waals surface area contributed by atoms with Crippen LogP contribution in [0.5, 0.6) is 11.5 Å². The van der Waals surface area contributed by atoms with E-state index in [2.05, 4.69) is 317 Å². The number of hydrogen-bond donors (Lipinski definition) is 0. The number of ether oxygens (including phenoxy) is 1. The molecule has 6 nitrogen and oxygen atoms in total. The Hall–Kier alpha value is -9.87. The fourth-order valence-corrected chi connectivity index (χ4v) is 12.4. The maximum atomic E-state index is 7.05. The van der Waals surface area contributed by atoms with E-state index in [1.807, 2.05) is 12.3 Å². The van der Waals surface area contributed by atoms with Crippen LogP contribution in [0, 0.1) is 0 Å². The molecule has 0 amide bonds. The summed E-state index contributed by atoms with van der Waals surface area (Å²) in [6, 6.07) is 89.6. The van der Waals surface area contributed by atoms with E-state index in [0.717, 1.165) is 95.2 Å². The largest absolute Gasteiger partial charge is 0.503 e. The molecule has 10 aromatic carbocycles. The molecular formula is C78H67N5O+2. The number of aromatic nitrogens is 3. The molecule has 0 aliphatic carbocycles. The van der Waals surface area contributed by atoms with E-state index in [0.29, 0.717) is 5.75 Å². The summed E-state index contributed by atoms with van der Waals surface area (Å²) >= 11 is 0. The van der Waals surface area contributed by atoms with Gasteiger partial charge < -0.3 is 9.30 Å². The van der Waals surface area contributed by atoms with E-state index < -0.39 is 0 Å². The molecule has 0 atom stereocenters. The van der Waals surface area contributed by atoms with Gasteiger partial charge in [0, 0.05) is 69.3 Å². The average molecular weight is 1090 g/mol. The Kier molecular flexibility index (Phi) is 12.4. The van der Waals surface area contributed by atoms with Crippen molar-refractivity contribution in [2.45, 2.75) is 78.6 Å². The molecule has 0 spiro atoms. The van der Waals surface area contributed by atoms with Crippen molar-refractivity contribution >= 4 is 72.4 Å². The van der Waals surface area contributed by atoms with Crippen LogP contribution in [0.3, 0.4) is 0 Å². The van der Waals surface area contributed by atoms with E-state index in [1.165, 1.54) is 38.5 Å². The molecule has 84 heavy (non-hydrogen) atoms. The van der Waals surface area contributed by atoms with Gasteiger partial charge in [0.05, 0.1) is 33.7 Å². The van der Waals surface area contributed by atoms with Crippen LogP contribution in [-0.2, 0) is 16.2 Å². The van der Waals surface area contributed by atoms with E-state index in [4.69, 9.17) is 9.72 Å². The van der Waals surface area contributed by atoms with Gasteiger partial charge in [-0.3, -0.25) is 4.57 Å². The molecule has 13 aromatic rings. The van der Waals surface area contributed by atoms with Crippen molar-refractivity contribution in [2.24, 2.45) is 0 Å². The number of fused-ring (bicyclic) bond motifs is 7. The van der Waals surface area contributed by atoms with Crippen molar-refractivity contribution in [2.75, 3.05) is 0 Å². The highest BCUT2D eigenvalue weighted by atomic mass is 16.5. The summed E-state index contributed by atoms with van der Waals surface area (Å²) in [7, 11) is 0. The van der Waals surface area contributed by atoms with Gasteiger partial charge in [0.2, 0.25) is 11.4 Å². The first kappa shape index (κ1) is 52.2. The predicted octanol–water partition coefficient (Wildman–Crippen LogP) is 20.8. The third-order valence-corrected chi connectivity index (χ3v) is 16.8. The average Bonchev–Trinajstić information content (AvgIpc) is 2.63. The summed E-state index contributed by atoms with van der Waals surface area (Å²) in [5, 5.41) is 4.71. The summed E-state index contributed by atoms with van der Waals surface area (Å²) in [5.74, 6) is 2.29. The van der Waals surface area contributed by atoms with Crippen LogP contribution in [-0.4, -0.2) is 20.1 Å². The van der Waals surface area contributed by atoms with Crippen LogP contribution >= 0.6 is 0 Å². The van der Waals surface area contributed by atoms with Gasteiger partial charge in [-0.2, -0.15) is 0 Å². The molecule has 408 valence electrons. The Bertz CT molecular complexity index is 4690. The molecule has 3 aromatic heterocycles. The molecule has 0 saturated heterocycles. The Morgan fingerprint density at radius 3 is 1.58 bits per heavy atom. The molecule has 1 aliphatic heterocycles. The highest BCUT2D eigenvalue weighted by Crippen LogP contribution is 2.50. The van der Waals surface area contributed by atoms with E-state index >= 15 is 0 Å². The third-order valence-electron chi connectivity index (χ3n) is 16.8. The zero-order chi connectivity index (χ0) is 57.6. The van der Waals surface area contributed by atoms with Gasteiger partial charge in [0.25, 0.3) is 5.69 Å². The van der Waals surface area contributed by atoms with Crippen molar-refractivity contribution in [1.29, 1.82) is 0 Å². The van der Waals surface area contributed by atoms with Crippen LogP contribution < -0.4 is 13.9 Å². The van der Waals surface area contributed by atoms with Gasteiger partial charge >= 0.3 is 11.7 Å². The predicted molar refractivity (Wildman–Crippen MR) is 353 cm³/mol. The second-order valence-electron chi connectivity index (χ2n) is 25.5. The molecule has 0 fully saturated rings. The lowest BCUT2D eigenvalue weighted by Crippen LogP contribution is -2.17. The lowest BCUT2D eigenvalue weighted by atomic mass is 9.80. The normalized spacial score (nSPS) is 12.8. The minimum atomic E-state index is -0.107. The highest BCUT2D eigenvalue weighted by Gasteiger charge is 2.41. The summed E-state index contributed by atoms with van der Waals surface area (Å²) in [5.41, 5.74) is 20.0. The minimum absolute atomic E-state index is 0.0770. The van der Waals surface area contributed by atoms with Gasteiger partial charge in [0.15, 0.2) is 0 Å². The first-order valence-electron chi connectivity index (χ1n) is 29.3. The summed E-state index contributed by atoms with van der Waals surface area (Å²) in [4.78, 5) is 5.07. The quantitative estimate of drug-likeness (QED) is 0.135. The standard InChI is InChI=1S/C78H67N5O/c1-76(2,3)53-41-42-79-73(46-53)83-70-40-37-57(82-68-34-18-16-29-63(68)64-30-17-19-35-69(64)82)48-67(70)65-39-38-60(49-72(65)83)84-59-28-20-27-56(47-59)80-50-81(58-44-54(77(4,5)6)43-55(45-58)78(7,8)9)75-66(33-22-36-71(75)80)74-61(51-23-12-10-13-24-51)31-21-32-62(74)52-25-14-11-15-26-52/h10-49H,1-9H3/q+2. The molecule has 14 rings (SSSR count). The van der Waals surface area contributed by atoms with Crippen LogP contribution in [0.1, 0.15) is 79.0 Å².